The first kappa shape index (κ1) is 18.7. The zero-order valence-electron chi connectivity index (χ0n) is 15.4. The summed E-state index contributed by atoms with van der Waals surface area (Å²) in [7, 11) is 0. The molecule has 1 aromatic rings. The smallest absolute Gasteiger partial charge is 0.251 e. The third-order valence-corrected chi connectivity index (χ3v) is 5.87. The van der Waals surface area contributed by atoms with Crippen LogP contribution in [-0.2, 0) is 0 Å². The minimum atomic E-state index is -0.477. The molecule has 0 bridgehead atoms. The second kappa shape index (κ2) is 6.88. The topological polar surface area (TPSA) is 32.3 Å². The Morgan fingerprint density at radius 1 is 1.32 bits per heavy atom. The SMILES string of the molecule is CC(C)(C)CCN1CCC2(CC1)C[C@H]2NC(=O)c1cc(F)cc(Cl)c1. The number of likely N-dealkylation sites (tertiary alicyclic amines) is 1. The summed E-state index contributed by atoms with van der Waals surface area (Å²) < 4.78 is 13.4. The van der Waals surface area contributed by atoms with Crippen molar-refractivity contribution >= 4 is 17.5 Å². The van der Waals surface area contributed by atoms with Crippen LogP contribution in [0.2, 0.25) is 5.02 Å². The van der Waals surface area contributed by atoms with Gasteiger partial charge < -0.3 is 10.2 Å². The van der Waals surface area contributed by atoms with Crippen LogP contribution in [-0.4, -0.2) is 36.5 Å². The Labute approximate surface area is 154 Å². The van der Waals surface area contributed by atoms with Crippen molar-refractivity contribution in [2.75, 3.05) is 19.6 Å². The van der Waals surface area contributed by atoms with Crippen LogP contribution in [0.5, 0.6) is 0 Å². The molecule has 138 valence electrons. The lowest BCUT2D eigenvalue weighted by Crippen LogP contribution is -2.39. The number of rotatable bonds is 4. The molecular weight excluding hydrogens is 339 g/mol. The summed E-state index contributed by atoms with van der Waals surface area (Å²) in [6.07, 6.45) is 4.51. The fraction of sp³-hybridized carbons (Fsp3) is 0.650. The molecule has 1 aromatic carbocycles. The molecule has 1 aliphatic heterocycles. The molecule has 1 N–H and O–H groups in total. The zero-order valence-corrected chi connectivity index (χ0v) is 16.1. The average molecular weight is 367 g/mol. The predicted octanol–water partition coefficient (Wildman–Crippen LogP) is 4.50. The van der Waals surface area contributed by atoms with E-state index in [0.717, 1.165) is 38.9 Å². The minimum absolute atomic E-state index is 0.215. The number of hydrogen-bond acceptors (Lipinski definition) is 2. The van der Waals surface area contributed by atoms with Crippen molar-refractivity contribution in [2.45, 2.75) is 52.5 Å². The van der Waals surface area contributed by atoms with Crippen molar-refractivity contribution in [1.29, 1.82) is 0 Å². The lowest BCUT2D eigenvalue weighted by Gasteiger charge is -2.34. The molecule has 1 atom stereocenters. The van der Waals surface area contributed by atoms with Gasteiger partial charge in [-0.1, -0.05) is 32.4 Å². The van der Waals surface area contributed by atoms with Crippen molar-refractivity contribution in [3.05, 3.63) is 34.6 Å². The van der Waals surface area contributed by atoms with Crippen molar-refractivity contribution in [3.63, 3.8) is 0 Å². The highest BCUT2D eigenvalue weighted by Gasteiger charge is 2.55. The summed E-state index contributed by atoms with van der Waals surface area (Å²) in [4.78, 5) is 14.9. The molecule has 0 aromatic heterocycles. The van der Waals surface area contributed by atoms with Crippen LogP contribution >= 0.6 is 11.6 Å². The van der Waals surface area contributed by atoms with Gasteiger partial charge in [0.05, 0.1) is 0 Å². The van der Waals surface area contributed by atoms with Gasteiger partial charge in [-0.15, -0.1) is 0 Å². The van der Waals surface area contributed by atoms with Gasteiger partial charge in [-0.25, -0.2) is 4.39 Å². The first-order valence-electron chi connectivity index (χ1n) is 9.16. The van der Waals surface area contributed by atoms with Gasteiger partial charge >= 0.3 is 0 Å². The van der Waals surface area contributed by atoms with E-state index >= 15 is 0 Å². The van der Waals surface area contributed by atoms with Crippen molar-refractivity contribution in [3.8, 4) is 0 Å². The second-order valence-corrected chi connectivity index (χ2v) is 9.34. The highest BCUT2D eigenvalue weighted by molar-refractivity contribution is 6.31. The van der Waals surface area contributed by atoms with Crippen molar-refractivity contribution in [1.82, 2.24) is 10.2 Å². The summed E-state index contributed by atoms with van der Waals surface area (Å²) in [5.74, 6) is -0.700. The first-order valence-corrected chi connectivity index (χ1v) is 9.54. The van der Waals surface area contributed by atoms with E-state index in [2.05, 4.69) is 31.0 Å². The Balaban J connectivity index is 1.49. The maximum Gasteiger partial charge on any atom is 0.251 e. The standard InChI is InChI=1S/C20H28ClFN2O/c1-19(2,3)4-7-24-8-5-20(6-9-24)13-17(20)23-18(25)14-10-15(21)12-16(22)11-14/h10-12,17H,4-9,13H2,1-3H3,(H,23,25)/t17-/m1/s1. The van der Waals surface area contributed by atoms with Crippen molar-refractivity contribution < 1.29 is 9.18 Å². The largest absolute Gasteiger partial charge is 0.349 e. The number of nitrogens with zero attached hydrogens (tertiary/aromatic N) is 1. The van der Waals surface area contributed by atoms with E-state index in [4.69, 9.17) is 11.6 Å². The molecule has 1 heterocycles. The van der Waals surface area contributed by atoms with Crippen LogP contribution in [0.25, 0.3) is 0 Å². The van der Waals surface area contributed by atoms with Crippen LogP contribution in [0, 0.1) is 16.6 Å². The first-order chi connectivity index (χ1) is 11.7. The molecule has 3 nitrogen and oxygen atoms in total. The summed E-state index contributed by atoms with van der Waals surface area (Å²) in [6, 6.07) is 4.19. The van der Waals surface area contributed by atoms with Gasteiger partial charge in [-0.2, -0.15) is 0 Å². The molecule has 1 spiro atoms. The Hall–Kier alpha value is -1.13. The molecule has 2 fully saturated rings. The van der Waals surface area contributed by atoms with E-state index in [9.17, 15) is 9.18 Å². The minimum Gasteiger partial charge on any atom is -0.349 e. The summed E-state index contributed by atoms with van der Waals surface area (Å²) in [5.41, 5.74) is 0.928. The second-order valence-electron chi connectivity index (χ2n) is 8.90. The number of nitrogens with one attached hydrogen (secondary N) is 1. The normalized spacial score (nSPS) is 22.8. The Morgan fingerprint density at radius 2 is 2.00 bits per heavy atom. The number of carbonyl (C=O) groups excluding carboxylic acids is 1. The fourth-order valence-corrected chi connectivity index (χ4v) is 3.97. The Morgan fingerprint density at radius 3 is 2.60 bits per heavy atom. The molecule has 1 aliphatic carbocycles. The van der Waals surface area contributed by atoms with E-state index in [1.165, 1.54) is 24.6 Å². The van der Waals surface area contributed by atoms with E-state index < -0.39 is 5.82 Å². The van der Waals surface area contributed by atoms with E-state index in [0.29, 0.717) is 11.0 Å². The van der Waals surface area contributed by atoms with Gasteiger partial charge in [0, 0.05) is 16.6 Å². The third-order valence-electron chi connectivity index (χ3n) is 5.65. The highest BCUT2D eigenvalue weighted by atomic mass is 35.5. The van der Waals surface area contributed by atoms with Crippen LogP contribution in [0.4, 0.5) is 4.39 Å². The van der Waals surface area contributed by atoms with Gasteiger partial charge in [0.15, 0.2) is 0 Å². The van der Waals surface area contributed by atoms with Gasteiger partial charge in [-0.05, 0) is 74.3 Å². The Kier molecular flexibility index (Phi) is 5.13. The lowest BCUT2D eigenvalue weighted by atomic mass is 9.89. The Bertz CT molecular complexity index is 627. The predicted molar refractivity (Wildman–Crippen MR) is 99.5 cm³/mol. The molecule has 0 radical (unpaired) electrons. The van der Waals surface area contributed by atoms with E-state index in [1.54, 1.807) is 0 Å². The van der Waals surface area contributed by atoms with Gasteiger partial charge in [0.25, 0.3) is 5.91 Å². The molecular formula is C20H28ClFN2O. The van der Waals surface area contributed by atoms with Crippen LogP contribution in [0.15, 0.2) is 18.2 Å². The van der Waals surface area contributed by atoms with Crippen LogP contribution in [0.3, 0.4) is 0 Å². The van der Waals surface area contributed by atoms with Gasteiger partial charge in [0.2, 0.25) is 0 Å². The number of amides is 1. The monoisotopic (exact) mass is 366 g/mol. The maximum absolute atomic E-state index is 13.4. The van der Waals surface area contributed by atoms with E-state index in [1.807, 2.05) is 0 Å². The van der Waals surface area contributed by atoms with Crippen LogP contribution in [0.1, 0.15) is 56.8 Å². The molecule has 25 heavy (non-hydrogen) atoms. The molecule has 1 saturated heterocycles. The van der Waals surface area contributed by atoms with Crippen LogP contribution < -0.4 is 5.32 Å². The highest BCUT2D eigenvalue weighted by Crippen LogP contribution is 2.54. The molecule has 0 unspecified atom stereocenters. The maximum atomic E-state index is 13.4. The average Bonchev–Trinajstić information content (AvgIpc) is 3.16. The number of halogens is 2. The number of carbonyl (C=O) groups is 1. The summed E-state index contributed by atoms with van der Waals surface area (Å²) >= 11 is 5.84. The summed E-state index contributed by atoms with van der Waals surface area (Å²) in [6.45, 7) is 10.2. The number of piperidine rings is 1. The molecule has 3 rings (SSSR count). The molecule has 1 amide bonds. The molecule has 5 heteroatoms. The lowest BCUT2D eigenvalue weighted by molar-refractivity contribution is 0.0932. The number of hydrogen-bond donors (Lipinski definition) is 1. The summed E-state index contributed by atoms with van der Waals surface area (Å²) in [5, 5.41) is 3.33. The molecule has 2 aliphatic rings. The molecule has 1 saturated carbocycles. The van der Waals surface area contributed by atoms with Crippen molar-refractivity contribution in [2.24, 2.45) is 10.8 Å². The fourth-order valence-electron chi connectivity index (χ4n) is 3.75. The third kappa shape index (κ3) is 4.73. The number of benzene rings is 1. The van der Waals surface area contributed by atoms with E-state index in [-0.39, 0.29) is 22.4 Å². The zero-order chi connectivity index (χ0) is 18.2. The van der Waals surface area contributed by atoms with Gasteiger partial charge in [-0.3, -0.25) is 4.79 Å². The quantitative estimate of drug-likeness (QED) is 0.850. The van der Waals surface area contributed by atoms with Gasteiger partial charge in [0.1, 0.15) is 5.82 Å².